The minimum absolute atomic E-state index is 0.675. The summed E-state index contributed by atoms with van der Waals surface area (Å²) >= 11 is 0. The molecule has 0 amide bonds. The Morgan fingerprint density at radius 1 is 0.895 bits per heavy atom. The predicted molar refractivity (Wildman–Crippen MR) is 73.1 cm³/mol. The smallest absolute Gasteiger partial charge is 0.326 e. The summed E-state index contributed by atoms with van der Waals surface area (Å²) in [6, 6.07) is 0. The van der Waals surface area contributed by atoms with Gasteiger partial charge in [0, 0.05) is 19.3 Å². The number of hydrogen-bond donors (Lipinski definition) is 2. The normalized spacial score (nSPS) is 40.8. The van der Waals surface area contributed by atoms with Crippen molar-refractivity contribution in [1.82, 2.24) is 0 Å². The molecule has 112 valence electrons. The van der Waals surface area contributed by atoms with Gasteiger partial charge in [0.15, 0.2) is 0 Å². The van der Waals surface area contributed by atoms with Gasteiger partial charge in [-0.3, -0.25) is 9.11 Å². The Labute approximate surface area is 116 Å². The SMILES string of the molecule is C[N+](C)(C)C12CC3CC(CC(C3)C1)C2.O=S(=O)(O)O. The van der Waals surface area contributed by atoms with Gasteiger partial charge >= 0.3 is 10.4 Å². The van der Waals surface area contributed by atoms with Gasteiger partial charge in [0.1, 0.15) is 0 Å². The lowest BCUT2D eigenvalue weighted by atomic mass is 9.52. The molecule has 4 rings (SSSR count). The van der Waals surface area contributed by atoms with Gasteiger partial charge in [-0.05, 0) is 37.0 Å². The fraction of sp³-hybridized carbons (Fsp3) is 1.00. The predicted octanol–water partition coefficient (Wildman–Crippen LogP) is 2.01. The second-order valence-corrected chi connectivity index (χ2v) is 8.50. The summed E-state index contributed by atoms with van der Waals surface area (Å²) in [5, 5.41) is 0. The third kappa shape index (κ3) is 3.48. The van der Waals surface area contributed by atoms with Crippen molar-refractivity contribution >= 4 is 10.4 Å². The Morgan fingerprint density at radius 2 is 1.16 bits per heavy atom. The average Bonchev–Trinajstić information content (AvgIpc) is 2.09. The van der Waals surface area contributed by atoms with E-state index in [1.165, 1.54) is 23.7 Å². The topological polar surface area (TPSA) is 74.6 Å². The average molecular weight is 292 g/mol. The molecule has 0 atom stereocenters. The molecule has 19 heavy (non-hydrogen) atoms. The quantitative estimate of drug-likeness (QED) is 0.572. The molecule has 2 N–H and O–H groups in total. The van der Waals surface area contributed by atoms with Crippen LogP contribution in [0.15, 0.2) is 0 Å². The van der Waals surface area contributed by atoms with Crippen LogP contribution in [0.1, 0.15) is 38.5 Å². The zero-order valence-electron chi connectivity index (χ0n) is 12.0. The van der Waals surface area contributed by atoms with Crippen LogP contribution in [0.25, 0.3) is 0 Å². The Kier molecular flexibility index (Phi) is 3.75. The molecule has 6 heteroatoms. The van der Waals surface area contributed by atoms with Crippen LogP contribution in [0.3, 0.4) is 0 Å². The lowest BCUT2D eigenvalue weighted by Gasteiger charge is -2.61. The van der Waals surface area contributed by atoms with Crippen LogP contribution in [-0.2, 0) is 10.4 Å². The van der Waals surface area contributed by atoms with Gasteiger partial charge in [-0.1, -0.05) is 0 Å². The molecule has 5 nitrogen and oxygen atoms in total. The molecule has 0 aromatic heterocycles. The van der Waals surface area contributed by atoms with Gasteiger partial charge < -0.3 is 4.48 Å². The zero-order valence-corrected chi connectivity index (χ0v) is 12.9. The fourth-order valence-corrected chi connectivity index (χ4v) is 4.89. The number of nitrogens with zero attached hydrogens (tertiary/aromatic N) is 1. The number of rotatable bonds is 1. The fourth-order valence-electron chi connectivity index (χ4n) is 4.89. The molecule has 0 spiro atoms. The van der Waals surface area contributed by atoms with E-state index in [0.717, 1.165) is 17.8 Å². The molecular weight excluding hydrogens is 266 g/mol. The Bertz CT molecular complexity index is 395. The first-order valence-electron chi connectivity index (χ1n) is 7.00. The van der Waals surface area contributed by atoms with E-state index >= 15 is 0 Å². The first-order valence-corrected chi connectivity index (χ1v) is 8.40. The molecule has 0 aromatic rings. The third-order valence-electron chi connectivity index (χ3n) is 5.43. The molecule has 0 saturated heterocycles. The highest BCUT2D eigenvalue weighted by atomic mass is 32.3. The Hall–Kier alpha value is -0.170. The van der Waals surface area contributed by atoms with Crippen molar-refractivity contribution in [2.75, 3.05) is 21.1 Å². The van der Waals surface area contributed by atoms with E-state index in [2.05, 4.69) is 21.1 Å². The van der Waals surface area contributed by atoms with Crippen molar-refractivity contribution in [3.05, 3.63) is 0 Å². The molecule has 0 unspecified atom stereocenters. The maximum Gasteiger partial charge on any atom is 0.394 e. The summed E-state index contributed by atoms with van der Waals surface area (Å²) < 4.78 is 32.8. The minimum atomic E-state index is -4.67. The van der Waals surface area contributed by atoms with E-state index in [9.17, 15) is 0 Å². The summed E-state index contributed by atoms with van der Waals surface area (Å²) in [5.41, 5.74) is 0.675. The lowest BCUT2D eigenvalue weighted by molar-refractivity contribution is -0.930. The van der Waals surface area contributed by atoms with E-state index in [4.69, 9.17) is 17.5 Å². The molecule has 4 bridgehead atoms. The van der Waals surface area contributed by atoms with Crippen molar-refractivity contribution in [2.45, 2.75) is 44.1 Å². The highest BCUT2D eigenvalue weighted by molar-refractivity contribution is 7.79. The monoisotopic (exact) mass is 292 g/mol. The van der Waals surface area contributed by atoms with Crippen LogP contribution in [0.5, 0.6) is 0 Å². The summed E-state index contributed by atoms with van der Waals surface area (Å²) in [7, 11) is 2.60. The van der Waals surface area contributed by atoms with Crippen molar-refractivity contribution in [1.29, 1.82) is 0 Å². The third-order valence-corrected chi connectivity index (χ3v) is 5.43. The van der Waals surface area contributed by atoms with E-state index in [-0.39, 0.29) is 0 Å². The molecular formula is C13H26NO4S+. The van der Waals surface area contributed by atoms with Crippen molar-refractivity contribution in [3.63, 3.8) is 0 Å². The van der Waals surface area contributed by atoms with E-state index in [0.29, 0.717) is 5.54 Å². The van der Waals surface area contributed by atoms with E-state index < -0.39 is 10.4 Å². The van der Waals surface area contributed by atoms with Gasteiger partial charge in [0.25, 0.3) is 0 Å². The number of quaternary nitrogens is 1. The summed E-state index contributed by atoms with van der Waals surface area (Å²) in [6.45, 7) is 0. The van der Waals surface area contributed by atoms with Crippen LogP contribution in [0, 0.1) is 17.8 Å². The van der Waals surface area contributed by atoms with Crippen LogP contribution in [0.4, 0.5) is 0 Å². The summed E-state index contributed by atoms with van der Waals surface area (Å²) in [4.78, 5) is 0. The van der Waals surface area contributed by atoms with Gasteiger partial charge in [-0.15, -0.1) is 0 Å². The van der Waals surface area contributed by atoms with Crippen LogP contribution >= 0.6 is 0 Å². The van der Waals surface area contributed by atoms with Gasteiger partial charge in [0.05, 0.1) is 26.7 Å². The highest BCUT2D eigenvalue weighted by Gasteiger charge is 2.57. The number of hydrogen-bond acceptors (Lipinski definition) is 2. The first kappa shape index (κ1) is 15.2. The zero-order chi connectivity index (χ0) is 14.5. The minimum Gasteiger partial charge on any atom is -0.326 e. The molecule has 4 aliphatic carbocycles. The van der Waals surface area contributed by atoms with Crippen molar-refractivity contribution in [2.24, 2.45) is 17.8 Å². The maximum atomic E-state index is 8.74. The standard InChI is InChI=1S/C13H24N.H2O4S/c1-14(2,3)13-7-10-4-11(8-13)6-12(5-10)9-13;1-5(2,3)4/h10-12H,4-9H2,1-3H3;(H2,1,2,3,4)/q+1;. The Balaban J connectivity index is 0.000000232. The molecule has 0 aliphatic heterocycles. The molecule has 0 heterocycles. The van der Waals surface area contributed by atoms with Gasteiger partial charge in [-0.25, -0.2) is 0 Å². The highest BCUT2D eigenvalue weighted by Crippen LogP contribution is 2.58. The Morgan fingerprint density at radius 3 is 1.37 bits per heavy atom. The molecule has 4 saturated carbocycles. The summed E-state index contributed by atoms with van der Waals surface area (Å²) in [5.74, 6) is 3.29. The van der Waals surface area contributed by atoms with Crippen molar-refractivity contribution < 1.29 is 22.0 Å². The van der Waals surface area contributed by atoms with E-state index in [1.54, 1.807) is 19.3 Å². The molecule has 0 radical (unpaired) electrons. The summed E-state index contributed by atoms with van der Waals surface area (Å²) in [6.07, 6.45) is 9.30. The second-order valence-electron chi connectivity index (χ2n) is 7.60. The molecule has 0 aromatic carbocycles. The molecule has 4 aliphatic rings. The van der Waals surface area contributed by atoms with Crippen molar-refractivity contribution in [3.8, 4) is 0 Å². The lowest BCUT2D eigenvalue weighted by Crippen LogP contribution is -2.65. The van der Waals surface area contributed by atoms with Gasteiger partial charge in [-0.2, -0.15) is 8.42 Å². The van der Waals surface area contributed by atoms with Crippen LogP contribution in [0.2, 0.25) is 0 Å². The molecule has 4 fully saturated rings. The first-order chi connectivity index (χ1) is 8.48. The van der Waals surface area contributed by atoms with E-state index in [1.807, 2.05) is 0 Å². The second kappa shape index (κ2) is 4.69. The largest absolute Gasteiger partial charge is 0.394 e. The maximum absolute atomic E-state index is 8.74. The van der Waals surface area contributed by atoms with Crippen LogP contribution in [-0.4, -0.2) is 48.7 Å². The van der Waals surface area contributed by atoms with Crippen LogP contribution < -0.4 is 0 Å². The van der Waals surface area contributed by atoms with Gasteiger partial charge in [0.2, 0.25) is 0 Å².